The van der Waals surface area contributed by atoms with Gasteiger partial charge in [-0.25, -0.2) is 0 Å². The first-order valence-corrected chi connectivity index (χ1v) is 7.22. The van der Waals surface area contributed by atoms with Gasteiger partial charge in [-0.1, -0.05) is 20.8 Å². The van der Waals surface area contributed by atoms with Crippen molar-refractivity contribution in [1.82, 2.24) is 15.5 Å². The number of ether oxygens (including phenoxy) is 1. The van der Waals surface area contributed by atoms with Crippen molar-refractivity contribution in [2.75, 3.05) is 40.4 Å². The van der Waals surface area contributed by atoms with Gasteiger partial charge in [0.15, 0.2) is 0 Å². The van der Waals surface area contributed by atoms with E-state index in [-0.39, 0.29) is 17.9 Å². The molecule has 1 aliphatic heterocycles. The molecule has 3 unspecified atom stereocenters. The summed E-state index contributed by atoms with van der Waals surface area (Å²) in [5.41, 5.74) is 0. The molecule has 0 aromatic rings. The van der Waals surface area contributed by atoms with Crippen LogP contribution < -0.4 is 10.6 Å². The van der Waals surface area contributed by atoms with Crippen LogP contribution in [0.1, 0.15) is 20.8 Å². The fraction of sp³-hybridized carbons (Fsp3) is 0.929. The topological polar surface area (TPSA) is 53.6 Å². The van der Waals surface area contributed by atoms with Crippen LogP contribution in [0, 0.1) is 11.8 Å². The zero-order valence-electron chi connectivity index (χ0n) is 12.9. The van der Waals surface area contributed by atoms with Crippen molar-refractivity contribution in [2.45, 2.75) is 32.9 Å². The lowest BCUT2D eigenvalue weighted by Crippen LogP contribution is -2.48. The maximum absolute atomic E-state index is 12.2. The predicted octanol–water partition coefficient (Wildman–Crippen LogP) is 0.313. The molecule has 0 aromatic carbocycles. The molecule has 5 heteroatoms. The van der Waals surface area contributed by atoms with Gasteiger partial charge in [-0.05, 0) is 26.6 Å². The van der Waals surface area contributed by atoms with E-state index in [0.717, 1.165) is 6.54 Å². The van der Waals surface area contributed by atoms with E-state index in [2.05, 4.69) is 43.5 Å². The number of hydrogen-bond donors (Lipinski definition) is 2. The lowest BCUT2D eigenvalue weighted by molar-refractivity contribution is -0.125. The quantitative estimate of drug-likeness (QED) is 0.700. The molecule has 1 fully saturated rings. The van der Waals surface area contributed by atoms with E-state index in [4.69, 9.17) is 4.74 Å². The third-order valence-electron chi connectivity index (χ3n) is 3.80. The lowest BCUT2D eigenvalue weighted by Gasteiger charge is -2.29. The Balaban J connectivity index is 2.45. The highest BCUT2D eigenvalue weighted by Crippen LogP contribution is 2.14. The van der Waals surface area contributed by atoms with Crippen LogP contribution in [-0.4, -0.2) is 63.3 Å². The number of carbonyl (C=O) groups is 1. The minimum atomic E-state index is -0.0603. The average Bonchev–Trinajstić information content (AvgIpc) is 2.76. The van der Waals surface area contributed by atoms with Crippen LogP contribution in [0.15, 0.2) is 0 Å². The standard InChI is InChI=1S/C14H29N3O2/c1-6-15-12-9-19-8-11(12)14(18)16-7-13(10(2)3)17(4)5/h10-13,15H,6-9H2,1-5H3,(H,16,18). The van der Waals surface area contributed by atoms with E-state index in [0.29, 0.717) is 31.7 Å². The molecule has 112 valence electrons. The molecule has 1 amide bonds. The van der Waals surface area contributed by atoms with Gasteiger partial charge in [0, 0.05) is 18.6 Å². The highest BCUT2D eigenvalue weighted by molar-refractivity contribution is 5.79. The Hall–Kier alpha value is -0.650. The summed E-state index contributed by atoms with van der Waals surface area (Å²) in [5, 5.41) is 6.39. The van der Waals surface area contributed by atoms with Crippen LogP contribution in [0.25, 0.3) is 0 Å². The van der Waals surface area contributed by atoms with Gasteiger partial charge in [-0.3, -0.25) is 4.79 Å². The second kappa shape index (κ2) is 7.82. The molecule has 1 rings (SSSR count). The normalized spacial score (nSPS) is 25.0. The first-order chi connectivity index (χ1) is 8.97. The van der Waals surface area contributed by atoms with Gasteiger partial charge >= 0.3 is 0 Å². The summed E-state index contributed by atoms with van der Waals surface area (Å²) in [6.07, 6.45) is 0. The molecule has 1 saturated heterocycles. The fourth-order valence-corrected chi connectivity index (χ4v) is 2.63. The van der Waals surface area contributed by atoms with Crippen LogP contribution in [0.5, 0.6) is 0 Å². The van der Waals surface area contributed by atoms with Crippen LogP contribution in [0.4, 0.5) is 0 Å². The highest BCUT2D eigenvalue weighted by atomic mass is 16.5. The summed E-state index contributed by atoms with van der Waals surface area (Å²) in [6, 6.07) is 0.519. The van der Waals surface area contributed by atoms with E-state index >= 15 is 0 Å². The number of nitrogens with zero attached hydrogens (tertiary/aromatic N) is 1. The van der Waals surface area contributed by atoms with Gasteiger partial charge in [-0.2, -0.15) is 0 Å². The first-order valence-electron chi connectivity index (χ1n) is 7.22. The molecule has 1 aliphatic rings. The summed E-state index contributed by atoms with van der Waals surface area (Å²) < 4.78 is 5.41. The van der Waals surface area contributed by atoms with Crippen molar-refractivity contribution < 1.29 is 9.53 Å². The molecule has 0 radical (unpaired) electrons. The minimum Gasteiger partial charge on any atom is -0.379 e. The van der Waals surface area contributed by atoms with Crippen LogP contribution >= 0.6 is 0 Å². The molecule has 0 aliphatic carbocycles. The van der Waals surface area contributed by atoms with Gasteiger partial charge in [0.2, 0.25) is 5.91 Å². The summed E-state index contributed by atoms with van der Waals surface area (Å²) in [7, 11) is 4.11. The average molecular weight is 271 g/mol. The molecule has 19 heavy (non-hydrogen) atoms. The van der Waals surface area contributed by atoms with Crippen molar-refractivity contribution in [3.63, 3.8) is 0 Å². The van der Waals surface area contributed by atoms with Gasteiger partial charge in [-0.15, -0.1) is 0 Å². The molecule has 0 aromatic heterocycles. The smallest absolute Gasteiger partial charge is 0.227 e. The Labute approximate surface area is 117 Å². The number of carbonyl (C=O) groups excluding carboxylic acids is 1. The number of rotatable bonds is 7. The second-order valence-electron chi connectivity index (χ2n) is 5.83. The van der Waals surface area contributed by atoms with E-state index in [1.165, 1.54) is 0 Å². The van der Waals surface area contributed by atoms with E-state index in [9.17, 15) is 4.79 Å². The molecule has 3 atom stereocenters. The molecular formula is C14H29N3O2. The SMILES string of the molecule is CCNC1COCC1C(=O)NCC(C(C)C)N(C)C. The number of nitrogens with one attached hydrogen (secondary N) is 2. The van der Waals surface area contributed by atoms with Crippen molar-refractivity contribution >= 4 is 5.91 Å². The first kappa shape index (κ1) is 16.4. The van der Waals surface area contributed by atoms with Crippen molar-refractivity contribution in [3.8, 4) is 0 Å². The molecule has 2 N–H and O–H groups in total. The Morgan fingerprint density at radius 1 is 1.37 bits per heavy atom. The summed E-state index contributed by atoms with van der Waals surface area (Å²) >= 11 is 0. The zero-order valence-corrected chi connectivity index (χ0v) is 12.9. The molecule has 1 heterocycles. The van der Waals surface area contributed by atoms with Gasteiger partial charge in [0.05, 0.1) is 19.1 Å². The second-order valence-corrected chi connectivity index (χ2v) is 5.83. The Kier molecular flexibility index (Phi) is 6.75. The molecule has 0 saturated carbocycles. The maximum atomic E-state index is 12.2. The third kappa shape index (κ3) is 4.75. The van der Waals surface area contributed by atoms with Gasteiger partial charge in [0.25, 0.3) is 0 Å². The number of hydrogen-bond acceptors (Lipinski definition) is 4. The summed E-state index contributed by atoms with van der Waals surface area (Å²) in [6.45, 7) is 9.12. The van der Waals surface area contributed by atoms with Crippen molar-refractivity contribution in [2.24, 2.45) is 11.8 Å². The van der Waals surface area contributed by atoms with E-state index in [1.54, 1.807) is 0 Å². The summed E-state index contributed by atoms with van der Waals surface area (Å²) in [5.74, 6) is 0.561. The largest absolute Gasteiger partial charge is 0.379 e. The van der Waals surface area contributed by atoms with Crippen LogP contribution in [-0.2, 0) is 9.53 Å². The van der Waals surface area contributed by atoms with Crippen LogP contribution in [0.2, 0.25) is 0 Å². The fourth-order valence-electron chi connectivity index (χ4n) is 2.63. The molecule has 5 nitrogen and oxygen atoms in total. The Bertz CT molecular complexity index is 274. The van der Waals surface area contributed by atoms with E-state index < -0.39 is 0 Å². The van der Waals surface area contributed by atoms with Gasteiger partial charge < -0.3 is 20.3 Å². The third-order valence-corrected chi connectivity index (χ3v) is 3.80. The van der Waals surface area contributed by atoms with Crippen molar-refractivity contribution in [3.05, 3.63) is 0 Å². The predicted molar refractivity (Wildman–Crippen MR) is 77.1 cm³/mol. The monoisotopic (exact) mass is 271 g/mol. The minimum absolute atomic E-state index is 0.0603. The lowest BCUT2D eigenvalue weighted by atomic mass is 10.0. The van der Waals surface area contributed by atoms with E-state index in [1.807, 2.05) is 6.92 Å². The maximum Gasteiger partial charge on any atom is 0.227 e. The molecular weight excluding hydrogens is 242 g/mol. The van der Waals surface area contributed by atoms with Crippen molar-refractivity contribution in [1.29, 1.82) is 0 Å². The molecule has 0 spiro atoms. The molecule has 0 bridgehead atoms. The van der Waals surface area contributed by atoms with Gasteiger partial charge in [0.1, 0.15) is 0 Å². The Morgan fingerprint density at radius 2 is 2.05 bits per heavy atom. The highest BCUT2D eigenvalue weighted by Gasteiger charge is 2.33. The number of likely N-dealkylation sites (N-methyl/N-ethyl adjacent to an activating group) is 2. The zero-order chi connectivity index (χ0) is 14.4. The Morgan fingerprint density at radius 3 is 2.58 bits per heavy atom. The van der Waals surface area contributed by atoms with Crippen LogP contribution in [0.3, 0.4) is 0 Å². The summed E-state index contributed by atoms with van der Waals surface area (Å²) in [4.78, 5) is 14.4. The number of amides is 1.